The number of carbonyl (C=O) groups is 1. The van der Waals surface area contributed by atoms with Gasteiger partial charge in [0.25, 0.3) is 0 Å². The summed E-state index contributed by atoms with van der Waals surface area (Å²) in [5.41, 5.74) is 0. The van der Waals surface area contributed by atoms with Crippen LogP contribution < -0.4 is 4.90 Å². The van der Waals surface area contributed by atoms with Crippen LogP contribution in [-0.2, 0) is 11.3 Å². The largest absolute Gasteiger partial charge is 0.353 e. The lowest BCUT2D eigenvalue weighted by molar-refractivity contribution is -0.135. The van der Waals surface area contributed by atoms with Crippen LogP contribution >= 0.6 is 11.6 Å². The second kappa shape index (κ2) is 7.39. The van der Waals surface area contributed by atoms with E-state index in [1.165, 1.54) is 0 Å². The SMILES string of the molecule is Cc1nc(C)n(C[C@@H](C)C(=O)N2CCN(c3ccc(Cl)cn3)CC2)n1. The maximum Gasteiger partial charge on any atom is 0.227 e. The van der Waals surface area contributed by atoms with E-state index in [0.717, 1.165) is 30.6 Å². The molecule has 0 bridgehead atoms. The molecule has 0 saturated carbocycles. The first kappa shape index (κ1) is 17.7. The lowest BCUT2D eigenvalue weighted by Crippen LogP contribution is -2.50. The minimum Gasteiger partial charge on any atom is -0.353 e. The molecule has 134 valence electrons. The van der Waals surface area contributed by atoms with Crippen molar-refractivity contribution in [3.05, 3.63) is 35.0 Å². The number of halogens is 1. The fourth-order valence-electron chi connectivity index (χ4n) is 3.09. The van der Waals surface area contributed by atoms with Crippen molar-refractivity contribution in [2.75, 3.05) is 31.1 Å². The molecule has 7 nitrogen and oxygen atoms in total. The molecule has 1 amide bonds. The van der Waals surface area contributed by atoms with Crippen LogP contribution in [-0.4, -0.2) is 56.7 Å². The molecular weight excluding hydrogens is 340 g/mol. The van der Waals surface area contributed by atoms with Crippen LogP contribution in [0, 0.1) is 19.8 Å². The Morgan fingerprint density at radius 3 is 2.52 bits per heavy atom. The first-order valence-electron chi connectivity index (χ1n) is 8.47. The number of anilines is 1. The molecule has 2 aromatic heterocycles. The van der Waals surface area contributed by atoms with Crippen LogP contribution in [0.1, 0.15) is 18.6 Å². The van der Waals surface area contributed by atoms with Crippen molar-refractivity contribution in [2.45, 2.75) is 27.3 Å². The standard InChI is InChI=1S/C17H23ClN6O/c1-12(11-24-14(3)20-13(2)21-24)17(25)23-8-6-22(7-9-23)16-5-4-15(18)10-19-16/h4-5,10,12H,6-9,11H2,1-3H3/t12-/m1/s1. The fourth-order valence-corrected chi connectivity index (χ4v) is 3.21. The van der Waals surface area contributed by atoms with Crippen molar-refractivity contribution in [3.63, 3.8) is 0 Å². The summed E-state index contributed by atoms with van der Waals surface area (Å²) in [7, 11) is 0. The summed E-state index contributed by atoms with van der Waals surface area (Å²) in [6.07, 6.45) is 1.65. The van der Waals surface area contributed by atoms with E-state index in [0.29, 0.717) is 24.7 Å². The van der Waals surface area contributed by atoms with E-state index in [-0.39, 0.29) is 11.8 Å². The lowest BCUT2D eigenvalue weighted by atomic mass is 10.1. The van der Waals surface area contributed by atoms with Gasteiger partial charge in [0.2, 0.25) is 5.91 Å². The van der Waals surface area contributed by atoms with E-state index in [4.69, 9.17) is 11.6 Å². The highest BCUT2D eigenvalue weighted by Gasteiger charge is 2.26. The number of carbonyl (C=O) groups excluding carboxylic acids is 1. The lowest BCUT2D eigenvalue weighted by Gasteiger charge is -2.36. The molecular formula is C17H23ClN6O. The van der Waals surface area contributed by atoms with E-state index in [1.54, 1.807) is 6.20 Å². The Morgan fingerprint density at radius 1 is 1.24 bits per heavy atom. The number of aromatic nitrogens is 4. The fraction of sp³-hybridized carbons (Fsp3) is 0.529. The number of rotatable bonds is 4. The summed E-state index contributed by atoms with van der Waals surface area (Å²) >= 11 is 5.88. The Balaban J connectivity index is 1.55. The molecule has 3 rings (SSSR count). The number of amides is 1. The van der Waals surface area contributed by atoms with Gasteiger partial charge in [-0.1, -0.05) is 18.5 Å². The maximum atomic E-state index is 12.7. The number of aryl methyl sites for hydroxylation is 2. The molecule has 1 atom stereocenters. The molecule has 1 aliphatic heterocycles. The quantitative estimate of drug-likeness (QED) is 0.831. The van der Waals surface area contributed by atoms with Crippen LogP contribution in [0.5, 0.6) is 0 Å². The molecule has 8 heteroatoms. The first-order valence-corrected chi connectivity index (χ1v) is 8.85. The third-order valence-electron chi connectivity index (χ3n) is 4.46. The van der Waals surface area contributed by atoms with E-state index in [2.05, 4.69) is 20.0 Å². The number of hydrogen-bond acceptors (Lipinski definition) is 5. The van der Waals surface area contributed by atoms with Gasteiger partial charge < -0.3 is 9.80 Å². The summed E-state index contributed by atoms with van der Waals surface area (Å²) in [5, 5.41) is 4.97. The maximum absolute atomic E-state index is 12.7. The number of pyridine rings is 1. The van der Waals surface area contributed by atoms with Crippen LogP contribution in [0.15, 0.2) is 18.3 Å². The minimum absolute atomic E-state index is 0.125. The summed E-state index contributed by atoms with van der Waals surface area (Å²) in [5.74, 6) is 2.52. The smallest absolute Gasteiger partial charge is 0.227 e. The van der Waals surface area contributed by atoms with E-state index in [9.17, 15) is 4.79 Å². The van der Waals surface area contributed by atoms with Gasteiger partial charge in [-0.05, 0) is 26.0 Å². The van der Waals surface area contributed by atoms with Gasteiger partial charge in [-0.15, -0.1) is 0 Å². The Kier molecular flexibility index (Phi) is 5.22. The Bertz CT molecular complexity index is 736. The number of hydrogen-bond donors (Lipinski definition) is 0. The Hall–Kier alpha value is -2.15. The van der Waals surface area contributed by atoms with Gasteiger partial charge in [-0.3, -0.25) is 4.79 Å². The van der Waals surface area contributed by atoms with Gasteiger partial charge in [0.15, 0.2) is 0 Å². The zero-order valence-corrected chi connectivity index (χ0v) is 15.6. The highest BCUT2D eigenvalue weighted by Crippen LogP contribution is 2.17. The third kappa shape index (κ3) is 4.10. The minimum atomic E-state index is -0.125. The predicted octanol–water partition coefficient (Wildman–Crippen LogP) is 1.93. The van der Waals surface area contributed by atoms with Crippen molar-refractivity contribution in [1.29, 1.82) is 0 Å². The molecule has 0 aliphatic carbocycles. The molecule has 1 saturated heterocycles. The van der Waals surface area contributed by atoms with Crippen molar-refractivity contribution in [1.82, 2.24) is 24.6 Å². The van der Waals surface area contributed by atoms with E-state index >= 15 is 0 Å². The van der Waals surface area contributed by atoms with Gasteiger partial charge in [-0.2, -0.15) is 5.10 Å². The number of nitrogens with zero attached hydrogens (tertiary/aromatic N) is 6. The molecule has 3 heterocycles. The highest BCUT2D eigenvalue weighted by molar-refractivity contribution is 6.30. The Morgan fingerprint density at radius 2 is 1.96 bits per heavy atom. The van der Waals surface area contributed by atoms with Gasteiger partial charge in [0.1, 0.15) is 17.5 Å². The van der Waals surface area contributed by atoms with Crippen LogP contribution in [0.25, 0.3) is 0 Å². The zero-order chi connectivity index (χ0) is 18.0. The summed E-state index contributed by atoms with van der Waals surface area (Å²) in [4.78, 5) is 25.5. The molecule has 2 aromatic rings. The predicted molar refractivity (Wildman–Crippen MR) is 96.7 cm³/mol. The van der Waals surface area contributed by atoms with Gasteiger partial charge in [0, 0.05) is 32.4 Å². The molecule has 0 aromatic carbocycles. The van der Waals surface area contributed by atoms with Crippen molar-refractivity contribution in [2.24, 2.45) is 5.92 Å². The monoisotopic (exact) mass is 362 g/mol. The second-order valence-electron chi connectivity index (χ2n) is 6.44. The molecule has 0 radical (unpaired) electrons. The molecule has 1 fully saturated rings. The van der Waals surface area contributed by atoms with Crippen molar-refractivity contribution in [3.8, 4) is 0 Å². The zero-order valence-electron chi connectivity index (χ0n) is 14.8. The summed E-state index contributed by atoms with van der Waals surface area (Å²) < 4.78 is 1.81. The number of piperazine rings is 1. The normalized spacial score (nSPS) is 16.2. The summed E-state index contributed by atoms with van der Waals surface area (Å²) in [6.45, 7) is 9.22. The van der Waals surface area contributed by atoms with Crippen LogP contribution in [0.4, 0.5) is 5.82 Å². The molecule has 0 unspecified atom stereocenters. The summed E-state index contributed by atoms with van der Waals surface area (Å²) in [6, 6.07) is 3.75. The van der Waals surface area contributed by atoms with Gasteiger partial charge in [-0.25, -0.2) is 14.6 Å². The van der Waals surface area contributed by atoms with E-state index in [1.807, 2.05) is 42.5 Å². The van der Waals surface area contributed by atoms with Crippen LogP contribution in [0.3, 0.4) is 0 Å². The third-order valence-corrected chi connectivity index (χ3v) is 4.68. The van der Waals surface area contributed by atoms with Gasteiger partial charge in [0.05, 0.1) is 17.5 Å². The van der Waals surface area contributed by atoms with Crippen LogP contribution in [0.2, 0.25) is 5.02 Å². The van der Waals surface area contributed by atoms with Gasteiger partial charge >= 0.3 is 0 Å². The molecule has 0 spiro atoms. The van der Waals surface area contributed by atoms with E-state index < -0.39 is 0 Å². The first-order chi connectivity index (χ1) is 11.9. The Labute approximate surface area is 152 Å². The molecule has 0 N–H and O–H groups in total. The molecule has 1 aliphatic rings. The second-order valence-corrected chi connectivity index (χ2v) is 6.87. The average Bonchev–Trinajstić information content (AvgIpc) is 2.92. The average molecular weight is 363 g/mol. The van der Waals surface area contributed by atoms with Crippen molar-refractivity contribution >= 4 is 23.3 Å². The highest BCUT2D eigenvalue weighted by atomic mass is 35.5. The topological polar surface area (TPSA) is 67.2 Å². The van der Waals surface area contributed by atoms with Crippen molar-refractivity contribution < 1.29 is 4.79 Å². The molecule has 25 heavy (non-hydrogen) atoms.